The van der Waals surface area contributed by atoms with Gasteiger partial charge in [-0.25, -0.2) is 0 Å². The molecule has 0 amide bonds. The normalized spacial score (nSPS) is 13.0. The molecule has 0 saturated heterocycles. The third-order valence-corrected chi connectivity index (χ3v) is 15.5. The molecular weight excluding hydrogens is 419 g/mol. The molecule has 130 valence electrons. The molecule has 0 saturated carbocycles. The van der Waals surface area contributed by atoms with E-state index >= 15 is 0 Å². The van der Waals surface area contributed by atoms with Gasteiger partial charge in [-0.15, -0.1) is 0 Å². The predicted octanol–water partition coefficient (Wildman–Crippen LogP) is 6.09. The summed E-state index contributed by atoms with van der Waals surface area (Å²) in [5.41, 5.74) is 0. The quantitative estimate of drug-likeness (QED) is 0.330. The summed E-state index contributed by atoms with van der Waals surface area (Å²) < 4.78 is 0. The summed E-state index contributed by atoms with van der Waals surface area (Å²) in [7, 11) is 0. The maximum atomic E-state index is 4.48. The number of halogens is 1. The van der Waals surface area contributed by atoms with Crippen molar-refractivity contribution in [2.75, 3.05) is 0 Å². The molecule has 26 heavy (non-hydrogen) atoms. The van der Waals surface area contributed by atoms with Gasteiger partial charge in [0.25, 0.3) is 0 Å². The van der Waals surface area contributed by atoms with Crippen LogP contribution < -0.4 is 15.9 Å². The van der Waals surface area contributed by atoms with E-state index in [0.29, 0.717) is 0 Å². The zero-order valence-electron chi connectivity index (χ0n) is 14.3. The fourth-order valence-electron chi connectivity index (χ4n) is 3.63. The number of hydrogen-bond acceptors (Lipinski definition) is 1. The third kappa shape index (κ3) is 2.87. The summed E-state index contributed by atoms with van der Waals surface area (Å²) >= 11 is 6.31. The molecule has 0 bridgehead atoms. The Morgan fingerprint density at radius 2 is 1.00 bits per heavy atom. The standard InChI is InChI=1S/C23H20BrPS/c24-25(19-23-17-10-18-26-23,20-11-4-1-5-12-20,21-13-6-2-7-14-21)22-15-8-3-9-16-22/h1-18H,19H2. The Bertz CT molecular complexity index is 867. The average molecular weight is 439 g/mol. The van der Waals surface area contributed by atoms with Gasteiger partial charge < -0.3 is 0 Å². The second kappa shape index (κ2) is 7.12. The van der Waals surface area contributed by atoms with E-state index in [1.807, 2.05) is 11.3 Å². The Labute approximate surface area is 167 Å². The van der Waals surface area contributed by atoms with Gasteiger partial charge in [-0.1, -0.05) is 0 Å². The van der Waals surface area contributed by atoms with Crippen molar-refractivity contribution in [3.05, 3.63) is 113 Å². The molecule has 0 aliphatic carbocycles. The van der Waals surface area contributed by atoms with E-state index in [-0.39, 0.29) is 0 Å². The van der Waals surface area contributed by atoms with Gasteiger partial charge in [0.15, 0.2) is 0 Å². The van der Waals surface area contributed by atoms with E-state index in [9.17, 15) is 0 Å². The zero-order chi connectivity index (χ0) is 17.9. The van der Waals surface area contributed by atoms with E-state index in [1.165, 1.54) is 20.8 Å². The summed E-state index contributed by atoms with van der Waals surface area (Å²) in [5.74, 6) is 0. The Hall–Kier alpha value is -1.73. The van der Waals surface area contributed by atoms with Crippen molar-refractivity contribution in [1.29, 1.82) is 0 Å². The van der Waals surface area contributed by atoms with Gasteiger partial charge in [0.2, 0.25) is 0 Å². The molecule has 4 aromatic rings. The molecule has 0 radical (unpaired) electrons. The fraction of sp³-hybridized carbons (Fsp3) is 0.0435. The number of thiophene rings is 1. The van der Waals surface area contributed by atoms with E-state index < -0.39 is 5.31 Å². The van der Waals surface area contributed by atoms with Crippen LogP contribution in [0.2, 0.25) is 0 Å². The minimum absolute atomic E-state index is 0.974. The van der Waals surface area contributed by atoms with E-state index in [1.54, 1.807) is 0 Å². The first kappa shape index (κ1) is 17.7. The van der Waals surface area contributed by atoms with Crippen molar-refractivity contribution in [3.8, 4) is 0 Å². The van der Waals surface area contributed by atoms with Crippen molar-refractivity contribution in [1.82, 2.24) is 0 Å². The van der Waals surface area contributed by atoms with Crippen LogP contribution in [0, 0.1) is 0 Å². The first-order chi connectivity index (χ1) is 12.7. The summed E-state index contributed by atoms with van der Waals surface area (Å²) in [6, 6.07) is 37.3. The minimum atomic E-state index is -2.82. The summed E-state index contributed by atoms with van der Waals surface area (Å²) in [6.07, 6.45) is 0.974. The van der Waals surface area contributed by atoms with Crippen LogP contribution in [0.3, 0.4) is 0 Å². The average Bonchev–Trinajstić information content (AvgIpc) is 3.23. The SMILES string of the molecule is BrP(Cc1cccs1)(c1ccccc1)(c1ccccc1)c1ccccc1. The molecule has 4 rings (SSSR count). The predicted molar refractivity (Wildman–Crippen MR) is 122 cm³/mol. The topological polar surface area (TPSA) is 0 Å². The molecule has 0 aliphatic heterocycles. The van der Waals surface area contributed by atoms with Gasteiger partial charge in [-0.3, -0.25) is 0 Å². The molecule has 0 fully saturated rings. The van der Waals surface area contributed by atoms with Crippen LogP contribution in [0.5, 0.6) is 0 Å². The van der Waals surface area contributed by atoms with Crippen LogP contribution in [0.15, 0.2) is 109 Å². The molecule has 0 nitrogen and oxygen atoms in total. The van der Waals surface area contributed by atoms with Crippen molar-refractivity contribution in [2.24, 2.45) is 0 Å². The van der Waals surface area contributed by atoms with Crippen molar-refractivity contribution >= 4 is 48.0 Å². The van der Waals surface area contributed by atoms with Gasteiger partial charge in [0, 0.05) is 0 Å². The summed E-state index contributed by atoms with van der Waals surface area (Å²) in [5, 5.41) is 3.45. The summed E-state index contributed by atoms with van der Waals surface area (Å²) in [6.45, 7) is 0. The van der Waals surface area contributed by atoms with E-state index in [0.717, 1.165) is 6.16 Å². The molecule has 0 N–H and O–H groups in total. The second-order valence-electron chi connectivity index (χ2n) is 6.43. The summed E-state index contributed by atoms with van der Waals surface area (Å²) in [4.78, 5) is 1.40. The van der Waals surface area contributed by atoms with Crippen LogP contribution >= 0.6 is 32.1 Å². The zero-order valence-corrected chi connectivity index (χ0v) is 17.6. The van der Waals surface area contributed by atoms with Gasteiger partial charge >= 0.3 is 168 Å². The second-order valence-corrected chi connectivity index (χ2v) is 16.4. The maximum absolute atomic E-state index is 4.48. The van der Waals surface area contributed by atoms with Crippen LogP contribution in [0.4, 0.5) is 0 Å². The van der Waals surface area contributed by atoms with Crippen molar-refractivity contribution in [3.63, 3.8) is 0 Å². The van der Waals surface area contributed by atoms with Gasteiger partial charge in [0.1, 0.15) is 0 Å². The molecule has 0 aliphatic rings. The Morgan fingerprint density at radius 1 is 0.577 bits per heavy atom. The Kier molecular flexibility index (Phi) is 4.84. The number of rotatable bonds is 5. The van der Waals surface area contributed by atoms with E-state index in [2.05, 4.69) is 124 Å². The molecule has 1 aromatic heterocycles. The first-order valence-electron chi connectivity index (χ1n) is 8.64. The third-order valence-electron chi connectivity index (χ3n) is 4.92. The van der Waals surface area contributed by atoms with Crippen LogP contribution in [0.1, 0.15) is 4.88 Å². The van der Waals surface area contributed by atoms with E-state index in [4.69, 9.17) is 0 Å². The Morgan fingerprint density at radius 3 is 1.35 bits per heavy atom. The van der Waals surface area contributed by atoms with Gasteiger partial charge in [-0.2, -0.15) is 0 Å². The molecule has 3 aromatic carbocycles. The van der Waals surface area contributed by atoms with Crippen molar-refractivity contribution in [2.45, 2.75) is 6.16 Å². The molecule has 0 atom stereocenters. The van der Waals surface area contributed by atoms with Crippen LogP contribution in [-0.2, 0) is 6.16 Å². The van der Waals surface area contributed by atoms with Crippen LogP contribution in [-0.4, -0.2) is 0 Å². The molecule has 3 heteroatoms. The first-order valence-corrected chi connectivity index (χ1v) is 14.0. The molecule has 0 spiro atoms. The fourth-order valence-corrected chi connectivity index (χ4v) is 13.1. The number of hydrogen-bond donors (Lipinski definition) is 0. The van der Waals surface area contributed by atoms with Gasteiger partial charge in [-0.05, 0) is 0 Å². The molecular formula is C23H20BrPS. The van der Waals surface area contributed by atoms with Gasteiger partial charge in [0.05, 0.1) is 0 Å². The monoisotopic (exact) mass is 438 g/mol. The molecule has 1 heterocycles. The molecule has 0 unspecified atom stereocenters. The number of benzene rings is 3. The van der Waals surface area contributed by atoms with Crippen LogP contribution in [0.25, 0.3) is 0 Å². The van der Waals surface area contributed by atoms with Crippen molar-refractivity contribution < 1.29 is 0 Å². The Balaban J connectivity index is 2.10.